The average molecular weight is 579 g/mol. The Labute approximate surface area is 243 Å². The van der Waals surface area contributed by atoms with Gasteiger partial charge in [-0.1, -0.05) is 25.5 Å². The van der Waals surface area contributed by atoms with Gasteiger partial charge in [0.2, 0.25) is 15.9 Å². The number of hydrogen-bond acceptors (Lipinski definition) is 6. The largest absolute Gasteiger partial charge is 0.377 e. The van der Waals surface area contributed by atoms with E-state index in [0.717, 1.165) is 37.2 Å². The van der Waals surface area contributed by atoms with Crippen LogP contribution in [-0.2, 0) is 19.6 Å². The Bertz CT molecular complexity index is 1050. The number of carbonyl (C=O) groups excluding carboxylic acids is 1. The normalized spacial score (nSPS) is 29.2. The second-order valence-corrected chi connectivity index (χ2v) is 15.7. The molecule has 1 saturated carbocycles. The van der Waals surface area contributed by atoms with E-state index in [2.05, 4.69) is 29.0 Å². The topological polar surface area (TPSA) is 82.2 Å². The van der Waals surface area contributed by atoms with E-state index in [-0.39, 0.29) is 31.0 Å². The molecular weight excluding hydrogens is 524 g/mol. The first-order valence-corrected chi connectivity index (χ1v) is 17.0. The molecule has 9 heteroatoms. The molecule has 1 amide bonds. The van der Waals surface area contributed by atoms with Crippen molar-refractivity contribution >= 4 is 15.9 Å². The summed E-state index contributed by atoms with van der Waals surface area (Å²) in [4.78, 5) is 18.5. The van der Waals surface area contributed by atoms with E-state index in [0.29, 0.717) is 28.4 Å². The van der Waals surface area contributed by atoms with E-state index >= 15 is 0 Å². The second-order valence-electron chi connectivity index (χ2n) is 13.7. The van der Waals surface area contributed by atoms with Crippen molar-refractivity contribution in [2.24, 2.45) is 11.3 Å². The lowest BCUT2D eigenvalue weighted by atomic mass is 9.87. The average Bonchev–Trinajstić information content (AvgIpc) is 3.25. The second kappa shape index (κ2) is 13.4. The molecule has 228 valence electrons. The summed E-state index contributed by atoms with van der Waals surface area (Å²) < 4.78 is 33.3. The van der Waals surface area contributed by atoms with Crippen molar-refractivity contribution in [3.63, 3.8) is 0 Å². The van der Waals surface area contributed by atoms with Crippen molar-refractivity contribution < 1.29 is 17.9 Å². The molecule has 0 aromatic carbocycles. The van der Waals surface area contributed by atoms with Crippen molar-refractivity contribution in [2.45, 2.75) is 104 Å². The van der Waals surface area contributed by atoms with E-state index in [9.17, 15) is 13.2 Å². The number of methoxy groups -OCH3 is 1. The van der Waals surface area contributed by atoms with Gasteiger partial charge in [-0.2, -0.15) is 0 Å². The molecule has 0 radical (unpaired) electrons. The fraction of sp³-hybridized carbons (Fsp3) is 0.839. The van der Waals surface area contributed by atoms with E-state index < -0.39 is 10.0 Å². The maximum atomic E-state index is 13.3. The number of amides is 1. The monoisotopic (exact) mass is 578 g/mol. The molecule has 2 aliphatic heterocycles. The molecule has 40 heavy (non-hydrogen) atoms. The van der Waals surface area contributed by atoms with Gasteiger partial charge in [0.15, 0.2) is 0 Å². The van der Waals surface area contributed by atoms with Crippen molar-refractivity contribution in [1.82, 2.24) is 19.4 Å². The minimum absolute atomic E-state index is 0.0579. The first-order valence-electron chi connectivity index (χ1n) is 15.5. The molecule has 3 fully saturated rings. The summed E-state index contributed by atoms with van der Waals surface area (Å²) >= 11 is 0. The number of ether oxygens (including phenoxy) is 1. The Morgan fingerprint density at radius 3 is 2.35 bits per heavy atom. The van der Waals surface area contributed by atoms with Gasteiger partial charge in [-0.15, -0.1) is 0 Å². The first kappa shape index (κ1) is 31.7. The van der Waals surface area contributed by atoms with E-state index in [1.54, 1.807) is 14.2 Å². The Balaban J connectivity index is 1.15. The molecule has 0 bridgehead atoms. The van der Waals surface area contributed by atoms with Crippen LogP contribution in [0.3, 0.4) is 0 Å². The first-order chi connectivity index (χ1) is 18.9. The van der Waals surface area contributed by atoms with Crippen molar-refractivity contribution in [2.75, 3.05) is 53.4 Å². The number of allylic oxidation sites excluding steroid dienone is 1. The van der Waals surface area contributed by atoms with Gasteiger partial charge in [-0.05, 0) is 102 Å². The third kappa shape index (κ3) is 7.97. The van der Waals surface area contributed by atoms with Crippen LogP contribution < -0.4 is 5.32 Å². The molecule has 1 atom stereocenters. The van der Waals surface area contributed by atoms with Crippen LogP contribution in [-0.4, -0.2) is 100 Å². The third-order valence-electron chi connectivity index (χ3n) is 9.81. The van der Waals surface area contributed by atoms with Crippen LogP contribution in [0.1, 0.15) is 85.5 Å². The zero-order valence-electron chi connectivity index (χ0n) is 25.9. The lowest BCUT2D eigenvalue weighted by Crippen LogP contribution is -2.47. The number of piperidine rings is 1. The highest BCUT2D eigenvalue weighted by Gasteiger charge is 2.34. The van der Waals surface area contributed by atoms with E-state index in [4.69, 9.17) is 4.74 Å². The predicted octanol–water partition coefficient (Wildman–Crippen LogP) is 4.15. The number of nitrogens with one attached hydrogen (secondary N) is 1. The standard InChI is InChI=1S/C31H54N4O4S/c1-23-19-28(39-6)20-24(2)30(23)40(37,38)33(5)15-13-29(36)32-26-7-9-27(10-8-26)35-16-11-25(12-17-35)21-34-18-14-31(3,4)22-34/h19,25-28H,7-18,20-22H2,1-6H3,(H,32,36)/t26-,27-,28?. The van der Waals surface area contributed by atoms with Crippen LogP contribution in [0.25, 0.3) is 0 Å². The van der Waals surface area contributed by atoms with Gasteiger partial charge in [0.1, 0.15) is 0 Å². The summed E-state index contributed by atoms with van der Waals surface area (Å²) in [6.07, 6.45) is 10.7. The molecule has 0 spiro atoms. The molecule has 1 unspecified atom stereocenters. The summed E-state index contributed by atoms with van der Waals surface area (Å²) in [7, 11) is -0.451. The van der Waals surface area contributed by atoms with Crippen LogP contribution in [0.4, 0.5) is 0 Å². The Hall–Kier alpha value is -1.26. The smallest absolute Gasteiger partial charge is 0.243 e. The third-order valence-corrected chi connectivity index (χ3v) is 12.0. The highest BCUT2D eigenvalue weighted by atomic mass is 32.2. The van der Waals surface area contributed by atoms with E-state index in [1.165, 1.54) is 56.3 Å². The Morgan fingerprint density at radius 2 is 1.77 bits per heavy atom. The molecule has 4 rings (SSSR count). The summed E-state index contributed by atoms with van der Waals surface area (Å²) in [6, 6.07) is 0.832. The van der Waals surface area contributed by atoms with Gasteiger partial charge in [0.05, 0.1) is 11.0 Å². The summed E-state index contributed by atoms with van der Waals surface area (Å²) in [5.41, 5.74) is 2.00. The van der Waals surface area contributed by atoms with Crippen molar-refractivity contribution in [3.8, 4) is 0 Å². The number of sulfonamides is 1. The zero-order chi connectivity index (χ0) is 29.1. The molecule has 2 saturated heterocycles. The van der Waals surface area contributed by atoms with Gasteiger partial charge in [-0.25, -0.2) is 12.7 Å². The molecule has 4 aliphatic rings. The maximum absolute atomic E-state index is 13.3. The fourth-order valence-electron chi connectivity index (χ4n) is 7.39. The zero-order valence-corrected chi connectivity index (χ0v) is 26.7. The van der Waals surface area contributed by atoms with Crippen molar-refractivity contribution in [3.05, 3.63) is 22.1 Å². The van der Waals surface area contributed by atoms with Gasteiger partial charge >= 0.3 is 0 Å². The van der Waals surface area contributed by atoms with Gasteiger partial charge in [-0.3, -0.25) is 4.79 Å². The number of rotatable bonds is 10. The molecular formula is C31H54N4O4S. The minimum Gasteiger partial charge on any atom is -0.377 e. The van der Waals surface area contributed by atoms with Gasteiger partial charge in [0.25, 0.3) is 0 Å². The number of carbonyl (C=O) groups is 1. The highest BCUT2D eigenvalue weighted by Crippen LogP contribution is 2.33. The number of likely N-dealkylation sites (tertiary alicyclic amines) is 2. The quantitative estimate of drug-likeness (QED) is 0.420. The maximum Gasteiger partial charge on any atom is 0.243 e. The molecule has 0 aromatic rings. The van der Waals surface area contributed by atoms with Gasteiger partial charge < -0.3 is 19.9 Å². The molecule has 1 N–H and O–H groups in total. The molecule has 8 nitrogen and oxygen atoms in total. The Kier molecular flexibility index (Phi) is 10.6. The van der Waals surface area contributed by atoms with Gasteiger partial charge in [0, 0.05) is 52.3 Å². The van der Waals surface area contributed by atoms with Crippen molar-refractivity contribution in [1.29, 1.82) is 0 Å². The SMILES string of the molecule is COC1C=C(C)C(S(=O)(=O)N(C)CCC(=O)N[C@H]2CC[C@H](N3CCC(CN4CCC(C)(C)C4)CC3)CC2)=C(C)C1. The number of nitrogens with zero attached hydrogens (tertiary/aromatic N) is 3. The summed E-state index contributed by atoms with van der Waals surface area (Å²) in [6.45, 7) is 14.8. The van der Waals surface area contributed by atoms with Crippen LogP contribution in [0.2, 0.25) is 0 Å². The molecule has 2 aliphatic carbocycles. The molecule has 2 heterocycles. The predicted molar refractivity (Wildman–Crippen MR) is 161 cm³/mol. The summed E-state index contributed by atoms with van der Waals surface area (Å²) in [5.74, 6) is 0.778. The van der Waals surface area contributed by atoms with E-state index in [1.807, 2.05) is 19.9 Å². The van der Waals surface area contributed by atoms with Crippen LogP contribution in [0.15, 0.2) is 22.1 Å². The Morgan fingerprint density at radius 1 is 1.10 bits per heavy atom. The molecule has 0 aromatic heterocycles. The highest BCUT2D eigenvalue weighted by molar-refractivity contribution is 7.93. The lowest BCUT2D eigenvalue weighted by Gasteiger charge is -2.41. The fourth-order valence-corrected chi connectivity index (χ4v) is 9.03. The van der Waals surface area contributed by atoms with Crippen LogP contribution in [0.5, 0.6) is 0 Å². The summed E-state index contributed by atoms with van der Waals surface area (Å²) in [5, 5.41) is 3.19. The van der Waals surface area contributed by atoms with Crippen LogP contribution in [0, 0.1) is 11.3 Å². The lowest BCUT2D eigenvalue weighted by molar-refractivity contribution is -0.122. The number of hydrogen-bond donors (Lipinski definition) is 1. The minimum atomic E-state index is -3.66. The van der Waals surface area contributed by atoms with Crippen LogP contribution >= 0.6 is 0 Å².